The maximum Gasteiger partial charge on any atom is 0.334 e. The van der Waals surface area contributed by atoms with Gasteiger partial charge in [-0.3, -0.25) is 0 Å². The van der Waals surface area contributed by atoms with Gasteiger partial charge in [0, 0.05) is 11.5 Å². The highest BCUT2D eigenvalue weighted by atomic mass is 16.5. The highest BCUT2D eigenvalue weighted by Gasteiger charge is 2.55. The topological polar surface area (TPSA) is 26.3 Å². The zero-order chi connectivity index (χ0) is 12.3. The Morgan fingerprint density at radius 1 is 1.29 bits per heavy atom. The maximum atomic E-state index is 11.7. The van der Waals surface area contributed by atoms with Crippen LogP contribution in [0.2, 0.25) is 0 Å². The molecule has 2 nitrogen and oxygen atoms in total. The van der Waals surface area contributed by atoms with Crippen LogP contribution in [0.4, 0.5) is 0 Å². The minimum atomic E-state index is -0.0574. The number of hydrogen-bond acceptors (Lipinski definition) is 2. The molecule has 17 heavy (non-hydrogen) atoms. The first-order valence-corrected chi connectivity index (χ1v) is 6.82. The molecule has 1 saturated heterocycles. The number of allylic oxidation sites excluding steroid dienone is 1. The van der Waals surface area contributed by atoms with Gasteiger partial charge >= 0.3 is 5.97 Å². The van der Waals surface area contributed by atoms with Crippen LogP contribution < -0.4 is 0 Å². The first kappa shape index (κ1) is 11.3. The molecule has 0 unspecified atom stereocenters. The van der Waals surface area contributed by atoms with Crippen molar-refractivity contribution in [2.45, 2.75) is 46.5 Å². The van der Waals surface area contributed by atoms with Crippen molar-refractivity contribution in [1.82, 2.24) is 0 Å². The third kappa shape index (κ3) is 1.42. The second kappa shape index (κ2) is 3.37. The number of esters is 1. The maximum absolute atomic E-state index is 11.7. The van der Waals surface area contributed by atoms with Crippen molar-refractivity contribution in [3.8, 4) is 0 Å². The molecule has 2 heteroatoms. The fraction of sp³-hybridized carbons (Fsp3) is 0.800. The van der Waals surface area contributed by atoms with Crippen LogP contribution in [0.3, 0.4) is 0 Å². The summed E-state index contributed by atoms with van der Waals surface area (Å²) in [4.78, 5) is 11.7. The third-order valence-electron chi connectivity index (χ3n) is 5.64. The van der Waals surface area contributed by atoms with Gasteiger partial charge in [0.25, 0.3) is 0 Å². The van der Waals surface area contributed by atoms with Crippen LogP contribution in [-0.2, 0) is 9.53 Å². The minimum absolute atomic E-state index is 0.0574. The average molecular weight is 234 g/mol. The Bertz CT molecular complexity index is 394. The summed E-state index contributed by atoms with van der Waals surface area (Å²) >= 11 is 0. The summed E-state index contributed by atoms with van der Waals surface area (Å²) in [5, 5.41) is 0. The molecule has 0 aromatic carbocycles. The van der Waals surface area contributed by atoms with Gasteiger partial charge in [-0.15, -0.1) is 0 Å². The highest BCUT2D eigenvalue weighted by Crippen LogP contribution is 2.60. The van der Waals surface area contributed by atoms with Gasteiger partial charge in [-0.1, -0.05) is 33.3 Å². The predicted molar refractivity (Wildman–Crippen MR) is 66.4 cm³/mol. The zero-order valence-corrected chi connectivity index (χ0v) is 11.1. The lowest BCUT2D eigenvalue weighted by atomic mass is 9.49. The van der Waals surface area contributed by atoms with Crippen LogP contribution in [0.5, 0.6) is 0 Å². The van der Waals surface area contributed by atoms with Gasteiger partial charge in [0.1, 0.15) is 0 Å². The monoisotopic (exact) mass is 234 g/mol. The smallest absolute Gasteiger partial charge is 0.334 e. The summed E-state index contributed by atoms with van der Waals surface area (Å²) in [6.07, 6.45) is 7.08. The Labute approximate surface area is 103 Å². The largest absolute Gasteiger partial charge is 0.462 e. The Kier molecular flexibility index (Phi) is 2.24. The van der Waals surface area contributed by atoms with Crippen LogP contribution in [0.1, 0.15) is 46.5 Å². The molecule has 0 aromatic rings. The standard InChI is InChI=1S/C15H22O2/c1-14(2)7-4-8-15(3)11-9-17-13(16)10(11)5-6-12(14)15/h5,11-12H,4,6-9H2,1-3H3/t11-,12-,15+/m1/s1. The van der Waals surface area contributed by atoms with E-state index >= 15 is 0 Å². The molecule has 3 atom stereocenters. The Balaban J connectivity index is 2.03. The van der Waals surface area contributed by atoms with Crippen LogP contribution in [0.15, 0.2) is 11.6 Å². The van der Waals surface area contributed by atoms with Crippen molar-refractivity contribution in [3.63, 3.8) is 0 Å². The first-order valence-electron chi connectivity index (χ1n) is 6.82. The number of carbonyl (C=O) groups excluding carboxylic acids is 1. The zero-order valence-electron chi connectivity index (χ0n) is 11.1. The fourth-order valence-electron chi connectivity index (χ4n) is 4.66. The van der Waals surface area contributed by atoms with E-state index in [9.17, 15) is 4.79 Å². The Morgan fingerprint density at radius 3 is 2.82 bits per heavy atom. The van der Waals surface area contributed by atoms with E-state index in [0.717, 1.165) is 12.0 Å². The number of fused-ring (bicyclic) bond motifs is 3. The molecule has 0 N–H and O–H groups in total. The summed E-state index contributed by atoms with van der Waals surface area (Å²) in [5.41, 5.74) is 1.65. The molecule has 1 saturated carbocycles. The summed E-state index contributed by atoms with van der Waals surface area (Å²) in [6, 6.07) is 0. The molecule has 2 aliphatic carbocycles. The van der Waals surface area contributed by atoms with Crippen molar-refractivity contribution in [2.75, 3.05) is 6.61 Å². The molecule has 1 aliphatic heterocycles. The Hall–Kier alpha value is -0.790. The van der Waals surface area contributed by atoms with E-state index < -0.39 is 0 Å². The predicted octanol–water partition coefficient (Wildman–Crippen LogP) is 3.32. The number of cyclic esters (lactones) is 1. The number of ether oxygens (including phenoxy) is 1. The summed E-state index contributed by atoms with van der Waals surface area (Å²) in [6.45, 7) is 7.79. The van der Waals surface area contributed by atoms with Crippen LogP contribution in [0, 0.1) is 22.7 Å². The van der Waals surface area contributed by atoms with Crippen LogP contribution in [0.25, 0.3) is 0 Å². The molecule has 94 valence electrons. The SMILES string of the molecule is CC1(C)CCC[C@@]2(C)[C@@H]3COC(=O)C3=CC[C@H]12. The van der Waals surface area contributed by atoms with E-state index in [4.69, 9.17) is 4.74 Å². The van der Waals surface area contributed by atoms with Gasteiger partial charge in [-0.2, -0.15) is 0 Å². The normalized spacial score (nSPS) is 43.5. The van der Waals surface area contributed by atoms with E-state index in [1.165, 1.54) is 19.3 Å². The molecule has 0 spiro atoms. The molecule has 2 fully saturated rings. The lowest BCUT2D eigenvalue weighted by molar-refractivity contribution is -0.135. The number of carbonyl (C=O) groups is 1. The summed E-state index contributed by atoms with van der Waals surface area (Å²) < 4.78 is 5.28. The van der Waals surface area contributed by atoms with E-state index in [-0.39, 0.29) is 11.4 Å². The van der Waals surface area contributed by atoms with Crippen molar-refractivity contribution in [3.05, 3.63) is 11.6 Å². The van der Waals surface area contributed by atoms with Gasteiger partial charge in [-0.25, -0.2) is 4.79 Å². The molecule has 0 bridgehead atoms. The molecule has 0 amide bonds. The summed E-state index contributed by atoms with van der Waals surface area (Å²) in [5.74, 6) is 0.998. The van der Waals surface area contributed by atoms with Crippen LogP contribution in [-0.4, -0.2) is 12.6 Å². The minimum Gasteiger partial charge on any atom is -0.462 e. The van der Waals surface area contributed by atoms with Crippen molar-refractivity contribution >= 4 is 5.97 Å². The van der Waals surface area contributed by atoms with Gasteiger partial charge in [0.05, 0.1) is 6.61 Å². The van der Waals surface area contributed by atoms with E-state index in [2.05, 4.69) is 26.8 Å². The summed E-state index contributed by atoms with van der Waals surface area (Å²) in [7, 11) is 0. The van der Waals surface area contributed by atoms with Gasteiger partial charge in [0.15, 0.2) is 0 Å². The van der Waals surface area contributed by atoms with E-state index in [0.29, 0.717) is 23.9 Å². The molecular formula is C15H22O2. The van der Waals surface area contributed by atoms with Crippen molar-refractivity contribution in [2.24, 2.45) is 22.7 Å². The van der Waals surface area contributed by atoms with Gasteiger partial charge < -0.3 is 4.74 Å². The first-order chi connectivity index (χ1) is 7.95. The molecular weight excluding hydrogens is 212 g/mol. The van der Waals surface area contributed by atoms with Gasteiger partial charge in [-0.05, 0) is 36.0 Å². The van der Waals surface area contributed by atoms with E-state index in [1.54, 1.807) is 0 Å². The quantitative estimate of drug-likeness (QED) is 0.601. The second-order valence-electron chi connectivity index (χ2n) is 6.95. The molecule has 3 aliphatic rings. The number of rotatable bonds is 0. The fourth-order valence-corrected chi connectivity index (χ4v) is 4.66. The molecule has 0 aromatic heterocycles. The lowest BCUT2D eigenvalue weighted by Gasteiger charge is -2.55. The molecule has 3 rings (SSSR count). The van der Waals surface area contributed by atoms with Gasteiger partial charge in [0.2, 0.25) is 0 Å². The van der Waals surface area contributed by atoms with Crippen LogP contribution >= 0.6 is 0 Å². The highest BCUT2D eigenvalue weighted by molar-refractivity contribution is 5.91. The molecule has 0 radical (unpaired) electrons. The Morgan fingerprint density at radius 2 is 2.06 bits per heavy atom. The van der Waals surface area contributed by atoms with E-state index in [1.807, 2.05) is 0 Å². The van der Waals surface area contributed by atoms with Crippen molar-refractivity contribution in [1.29, 1.82) is 0 Å². The average Bonchev–Trinajstić information content (AvgIpc) is 2.60. The second-order valence-corrected chi connectivity index (χ2v) is 6.95. The third-order valence-corrected chi connectivity index (χ3v) is 5.64. The number of hydrogen-bond donors (Lipinski definition) is 0. The lowest BCUT2D eigenvalue weighted by Crippen LogP contribution is -2.48. The molecule has 1 heterocycles. The van der Waals surface area contributed by atoms with Crippen molar-refractivity contribution < 1.29 is 9.53 Å².